The van der Waals surface area contributed by atoms with Gasteiger partial charge in [0, 0.05) is 26.2 Å². The van der Waals surface area contributed by atoms with E-state index < -0.39 is 0 Å². The van der Waals surface area contributed by atoms with E-state index in [1.807, 2.05) is 0 Å². The second kappa shape index (κ2) is 5.93. The third kappa shape index (κ3) is 3.68. The molecule has 94 valence electrons. The van der Waals surface area contributed by atoms with E-state index in [1.165, 1.54) is 0 Å². The van der Waals surface area contributed by atoms with Gasteiger partial charge in [-0.05, 0) is 11.8 Å². The van der Waals surface area contributed by atoms with Crippen molar-refractivity contribution in [2.24, 2.45) is 11.8 Å². The lowest BCUT2D eigenvalue weighted by Crippen LogP contribution is -2.58. The molecule has 0 atom stereocenters. The summed E-state index contributed by atoms with van der Waals surface area (Å²) in [7, 11) is 0. The Kier molecular flexibility index (Phi) is 4.55. The van der Waals surface area contributed by atoms with Gasteiger partial charge in [-0.15, -0.1) is 0 Å². The monoisotopic (exact) mass is 228 g/mol. The largest absolute Gasteiger partial charge is 0.347 e. The molecule has 0 bridgehead atoms. The van der Waals surface area contributed by atoms with Crippen LogP contribution in [0.3, 0.4) is 0 Å². The number of hydrogen-bond donors (Lipinski definition) is 4. The van der Waals surface area contributed by atoms with Crippen LogP contribution in [0.25, 0.3) is 0 Å². The third-order valence-corrected chi connectivity index (χ3v) is 3.16. The average Bonchev–Trinajstić information content (AvgIpc) is 2.30. The molecule has 2 rings (SSSR count). The van der Waals surface area contributed by atoms with Crippen molar-refractivity contribution in [1.82, 2.24) is 21.3 Å². The molecule has 5 nitrogen and oxygen atoms in total. The number of ether oxygens (including phenoxy) is 1. The van der Waals surface area contributed by atoms with Gasteiger partial charge in [-0.1, -0.05) is 13.8 Å². The molecule has 5 heteroatoms. The van der Waals surface area contributed by atoms with Gasteiger partial charge in [0.25, 0.3) is 0 Å². The Bertz CT molecular complexity index is 176. The topological polar surface area (TPSA) is 57.4 Å². The highest BCUT2D eigenvalue weighted by Crippen LogP contribution is 2.01. The molecule has 0 aromatic carbocycles. The zero-order valence-electron chi connectivity index (χ0n) is 10.3. The standard InChI is InChI=1S/C11H24N4O/c1-8-3-12-10(13-4-8)7-16-11-14-5-9(2)6-15-11/h8-15H,3-7H2,1-2H3. The second-order valence-corrected chi connectivity index (χ2v) is 5.11. The Labute approximate surface area is 97.7 Å². The maximum absolute atomic E-state index is 5.76. The molecule has 2 aliphatic rings. The molecule has 2 aliphatic heterocycles. The van der Waals surface area contributed by atoms with E-state index in [2.05, 4.69) is 35.1 Å². The van der Waals surface area contributed by atoms with Gasteiger partial charge in [0.2, 0.25) is 0 Å². The minimum Gasteiger partial charge on any atom is -0.347 e. The van der Waals surface area contributed by atoms with Crippen molar-refractivity contribution in [2.75, 3.05) is 32.8 Å². The lowest BCUT2D eigenvalue weighted by molar-refractivity contribution is -0.0279. The Hall–Kier alpha value is -0.200. The predicted molar refractivity (Wildman–Crippen MR) is 63.9 cm³/mol. The molecule has 16 heavy (non-hydrogen) atoms. The molecule has 0 aromatic heterocycles. The summed E-state index contributed by atoms with van der Waals surface area (Å²) in [6.45, 7) is 9.37. The summed E-state index contributed by atoms with van der Waals surface area (Å²) in [6.07, 6.45) is 0.304. The Morgan fingerprint density at radius 2 is 1.38 bits per heavy atom. The van der Waals surface area contributed by atoms with Crippen LogP contribution < -0.4 is 21.3 Å². The van der Waals surface area contributed by atoms with Crippen LogP contribution in [0.2, 0.25) is 0 Å². The Balaban J connectivity index is 1.60. The van der Waals surface area contributed by atoms with Crippen LogP contribution in [0.15, 0.2) is 0 Å². The van der Waals surface area contributed by atoms with Crippen molar-refractivity contribution in [2.45, 2.75) is 26.4 Å². The van der Waals surface area contributed by atoms with E-state index in [0.29, 0.717) is 24.6 Å². The second-order valence-electron chi connectivity index (χ2n) is 5.11. The van der Waals surface area contributed by atoms with Crippen LogP contribution >= 0.6 is 0 Å². The summed E-state index contributed by atoms with van der Waals surface area (Å²) in [5.41, 5.74) is 0. The molecule has 2 fully saturated rings. The molecule has 0 amide bonds. The predicted octanol–water partition coefficient (Wildman–Crippen LogP) is -0.729. The first kappa shape index (κ1) is 12.3. The van der Waals surface area contributed by atoms with Crippen molar-refractivity contribution >= 4 is 0 Å². The summed E-state index contributed by atoms with van der Waals surface area (Å²) in [4.78, 5) is 0. The van der Waals surface area contributed by atoms with Crippen LogP contribution in [0.1, 0.15) is 13.8 Å². The van der Waals surface area contributed by atoms with Gasteiger partial charge < -0.3 is 4.74 Å². The average molecular weight is 228 g/mol. The molecule has 0 aromatic rings. The zero-order chi connectivity index (χ0) is 11.4. The molecule has 2 heterocycles. The molecule has 2 saturated heterocycles. The highest BCUT2D eigenvalue weighted by atomic mass is 16.5. The van der Waals surface area contributed by atoms with E-state index in [4.69, 9.17) is 4.74 Å². The molecule has 0 unspecified atom stereocenters. The summed E-state index contributed by atoms with van der Waals surface area (Å²) in [5.74, 6) is 1.40. The van der Waals surface area contributed by atoms with Gasteiger partial charge in [-0.2, -0.15) is 0 Å². The summed E-state index contributed by atoms with van der Waals surface area (Å²) in [6, 6.07) is 0. The van der Waals surface area contributed by atoms with Crippen molar-refractivity contribution in [3.63, 3.8) is 0 Å². The van der Waals surface area contributed by atoms with Gasteiger partial charge in [0.1, 0.15) is 0 Å². The van der Waals surface area contributed by atoms with Crippen LogP contribution in [0.4, 0.5) is 0 Å². The van der Waals surface area contributed by atoms with E-state index in [1.54, 1.807) is 0 Å². The first-order valence-electron chi connectivity index (χ1n) is 6.29. The Morgan fingerprint density at radius 1 is 0.875 bits per heavy atom. The van der Waals surface area contributed by atoms with Gasteiger partial charge in [0.05, 0.1) is 12.8 Å². The first-order valence-corrected chi connectivity index (χ1v) is 6.29. The van der Waals surface area contributed by atoms with E-state index in [-0.39, 0.29) is 6.35 Å². The van der Waals surface area contributed by atoms with E-state index in [9.17, 15) is 0 Å². The minimum absolute atomic E-state index is 0.0131. The Morgan fingerprint density at radius 3 is 1.94 bits per heavy atom. The van der Waals surface area contributed by atoms with Crippen LogP contribution in [-0.2, 0) is 4.74 Å². The fourth-order valence-corrected chi connectivity index (χ4v) is 2.02. The number of hydrogen-bond acceptors (Lipinski definition) is 5. The summed E-state index contributed by atoms with van der Waals surface area (Å²) in [5, 5.41) is 13.5. The highest BCUT2D eigenvalue weighted by molar-refractivity contribution is 4.75. The van der Waals surface area contributed by atoms with Crippen molar-refractivity contribution in [1.29, 1.82) is 0 Å². The molecular formula is C11H24N4O. The van der Waals surface area contributed by atoms with Crippen molar-refractivity contribution in [3.05, 3.63) is 0 Å². The van der Waals surface area contributed by atoms with Gasteiger partial charge in [0.15, 0.2) is 6.35 Å². The molecule has 0 spiro atoms. The molecule has 0 radical (unpaired) electrons. The van der Waals surface area contributed by atoms with Crippen LogP contribution in [-0.4, -0.2) is 45.3 Å². The smallest absolute Gasteiger partial charge is 0.163 e. The van der Waals surface area contributed by atoms with Crippen molar-refractivity contribution in [3.8, 4) is 0 Å². The lowest BCUT2D eigenvalue weighted by atomic mass is 10.1. The SMILES string of the molecule is CC1CNC(COC2NCC(C)CN2)NC1. The number of rotatable bonds is 3. The highest BCUT2D eigenvalue weighted by Gasteiger charge is 2.20. The quantitative estimate of drug-likeness (QED) is 0.513. The minimum atomic E-state index is 0.0131. The fourth-order valence-electron chi connectivity index (χ4n) is 2.02. The maximum Gasteiger partial charge on any atom is 0.163 e. The number of nitrogens with one attached hydrogen (secondary N) is 4. The van der Waals surface area contributed by atoms with E-state index in [0.717, 1.165) is 26.2 Å². The van der Waals surface area contributed by atoms with Gasteiger partial charge in [-0.3, -0.25) is 21.3 Å². The zero-order valence-corrected chi connectivity index (χ0v) is 10.3. The molecule has 0 aliphatic carbocycles. The summed E-state index contributed by atoms with van der Waals surface area (Å²) < 4.78 is 5.76. The van der Waals surface area contributed by atoms with Gasteiger partial charge in [-0.25, -0.2) is 0 Å². The summed E-state index contributed by atoms with van der Waals surface area (Å²) >= 11 is 0. The normalized spacial score (nSPS) is 40.9. The van der Waals surface area contributed by atoms with Crippen LogP contribution in [0.5, 0.6) is 0 Å². The first-order chi connectivity index (χ1) is 7.74. The fraction of sp³-hybridized carbons (Fsp3) is 1.00. The van der Waals surface area contributed by atoms with Crippen molar-refractivity contribution < 1.29 is 4.74 Å². The third-order valence-electron chi connectivity index (χ3n) is 3.16. The van der Waals surface area contributed by atoms with Gasteiger partial charge >= 0.3 is 0 Å². The maximum atomic E-state index is 5.76. The lowest BCUT2D eigenvalue weighted by Gasteiger charge is -2.33. The van der Waals surface area contributed by atoms with E-state index >= 15 is 0 Å². The molecule has 4 N–H and O–H groups in total. The van der Waals surface area contributed by atoms with Crippen LogP contribution in [0, 0.1) is 11.8 Å². The molecule has 0 saturated carbocycles. The molecular weight excluding hydrogens is 204 g/mol.